The fraction of sp³-hybridized carbons (Fsp3) is 0.588. The number of nitrogens with zero attached hydrogens (tertiary/aromatic N) is 1. The number of ether oxygens (including phenoxy) is 1. The van der Waals surface area contributed by atoms with Crippen LogP contribution in [0.25, 0.3) is 0 Å². The first-order valence-corrected chi connectivity index (χ1v) is 9.08. The topological polar surface area (TPSA) is 71.1 Å². The van der Waals surface area contributed by atoms with Gasteiger partial charge in [0.25, 0.3) is 0 Å². The van der Waals surface area contributed by atoms with E-state index in [0.717, 1.165) is 36.3 Å². The number of halogens is 2. The van der Waals surface area contributed by atoms with Crippen LogP contribution in [0.15, 0.2) is 23.1 Å². The van der Waals surface area contributed by atoms with Crippen molar-refractivity contribution in [1.29, 1.82) is 5.26 Å². The number of methoxy groups -OCH3 is 1. The van der Waals surface area contributed by atoms with Crippen molar-refractivity contribution in [2.75, 3.05) is 33.9 Å². The average molecular weight is 394 g/mol. The Morgan fingerprint density at radius 3 is 2.58 bits per heavy atom. The summed E-state index contributed by atoms with van der Waals surface area (Å²) in [5.74, 6) is 0. The first-order chi connectivity index (χ1) is 11.1. The molecule has 1 rings (SSSR count). The van der Waals surface area contributed by atoms with Crippen LogP contribution in [0.5, 0.6) is 0 Å². The van der Waals surface area contributed by atoms with E-state index < -0.39 is 0 Å². The average Bonchev–Trinajstić information content (AvgIpc) is 2.54. The Morgan fingerprint density at radius 2 is 2.12 bits per heavy atom. The van der Waals surface area contributed by atoms with Crippen molar-refractivity contribution < 1.29 is 4.74 Å². The lowest BCUT2D eigenvalue weighted by Gasteiger charge is -2.16. The third-order valence-corrected chi connectivity index (χ3v) is 4.64. The van der Waals surface area contributed by atoms with Gasteiger partial charge in [-0.2, -0.15) is 5.26 Å². The molecule has 0 amide bonds. The molecule has 0 bridgehead atoms. The molecule has 0 radical (unpaired) electrons. The van der Waals surface area contributed by atoms with Gasteiger partial charge >= 0.3 is 0 Å². The third-order valence-electron chi connectivity index (χ3n) is 3.01. The van der Waals surface area contributed by atoms with Crippen LogP contribution in [-0.2, 0) is 4.74 Å². The minimum Gasteiger partial charge on any atom is -0.383 e. The van der Waals surface area contributed by atoms with Gasteiger partial charge in [0, 0.05) is 28.8 Å². The number of hydrogen-bond donors (Lipinski definition) is 2. The van der Waals surface area contributed by atoms with E-state index in [0.29, 0.717) is 23.4 Å². The zero-order valence-electron chi connectivity index (χ0n) is 14.7. The Kier molecular flexibility index (Phi) is 18.6. The molecule has 0 aliphatic rings. The molecule has 0 saturated carbocycles. The fourth-order valence-electron chi connectivity index (χ4n) is 1.87. The highest BCUT2D eigenvalue weighted by Gasteiger charge is 2.12. The summed E-state index contributed by atoms with van der Waals surface area (Å²) in [5.41, 5.74) is 5.73. The highest BCUT2D eigenvalue weighted by molar-refractivity contribution is 8.00. The van der Waals surface area contributed by atoms with Crippen molar-refractivity contribution >= 4 is 35.8 Å². The van der Waals surface area contributed by atoms with Crippen LogP contribution in [-0.4, -0.2) is 39.1 Å². The molecule has 1 aromatic carbocycles. The first-order valence-electron chi connectivity index (χ1n) is 7.82. The summed E-state index contributed by atoms with van der Waals surface area (Å²) in [5, 5.41) is 13.5. The molecular weight excluding hydrogens is 365 g/mol. The number of nitriles is 1. The van der Waals surface area contributed by atoms with Crippen molar-refractivity contribution in [3.63, 3.8) is 0 Å². The largest absolute Gasteiger partial charge is 0.383 e. The normalized spacial score (nSPS) is 10.8. The molecule has 1 unspecified atom stereocenters. The molecule has 138 valence electrons. The zero-order chi connectivity index (χ0) is 17.5. The molecule has 0 aliphatic carbocycles. The zero-order valence-corrected chi connectivity index (χ0v) is 17.1. The number of nitrogens with one attached hydrogen (secondary N) is 1. The van der Waals surface area contributed by atoms with Gasteiger partial charge in [0.15, 0.2) is 0 Å². The van der Waals surface area contributed by atoms with Gasteiger partial charge in [0.1, 0.15) is 6.07 Å². The molecule has 1 atom stereocenters. The minimum absolute atomic E-state index is 0. The van der Waals surface area contributed by atoms with E-state index >= 15 is 0 Å². The van der Waals surface area contributed by atoms with Crippen LogP contribution >= 0.6 is 35.8 Å². The lowest BCUT2D eigenvalue weighted by Crippen LogP contribution is -2.14. The number of thioether (sulfide) groups is 1. The predicted octanol–water partition coefficient (Wildman–Crippen LogP) is 4.10. The number of benzene rings is 1. The lowest BCUT2D eigenvalue weighted by molar-refractivity contribution is 0.207. The van der Waals surface area contributed by atoms with E-state index in [2.05, 4.69) is 23.0 Å². The summed E-state index contributed by atoms with van der Waals surface area (Å²) in [7, 11) is 3.60. The molecule has 24 heavy (non-hydrogen) atoms. The van der Waals surface area contributed by atoms with Crippen molar-refractivity contribution in [3.05, 3.63) is 28.8 Å². The Labute approximate surface area is 161 Å². The first kappa shape index (κ1) is 25.8. The summed E-state index contributed by atoms with van der Waals surface area (Å²) in [6.07, 6.45) is 3.42. The van der Waals surface area contributed by atoms with Crippen molar-refractivity contribution in [1.82, 2.24) is 5.32 Å². The molecule has 7 heteroatoms. The van der Waals surface area contributed by atoms with Crippen LogP contribution in [0.1, 0.15) is 31.7 Å². The van der Waals surface area contributed by atoms with Crippen LogP contribution in [0, 0.1) is 11.3 Å². The molecule has 0 aromatic heterocycles. The van der Waals surface area contributed by atoms with Gasteiger partial charge in [-0.1, -0.05) is 24.9 Å². The van der Waals surface area contributed by atoms with Crippen LogP contribution in [0.2, 0.25) is 5.02 Å². The summed E-state index contributed by atoms with van der Waals surface area (Å²) in [6.45, 7) is 4.48. The smallest absolute Gasteiger partial charge is 0.100 e. The molecule has 1 aromatic rings. The number of nitrogens with two attached hydrogens (primary N) is 1. The molecule has 0 spiro atoms. The Bertz CT molecular complexity index is 468. The lowest BCUT2D eigenvalue weighted by atomic mass is 10.2. The summed E-state index contributed by atoms with van der Waals surface area (Å²) in [4.78, 5) is 1.000. The third kappa shape index (κ3) is 12.0. The Morgan fingerprint density at radius 1 is 1.42 bits per heavy atom. The van der Waals surface area contributed by atoms with Gasteiger partial charge in [0.05, 0.1) is 12.2 Å². The molecule has 4 nitrogen and oxygen atoms in total. The van der Waals surface area contributed by atoms with Crippen LogP contribution in [0.4, 0.5) is 0 Å². The van der Waals surface area contributed by atoms with Gasteiger partial charge < -0.3 is 15.8 Å². The highest BCUT2D eigenvalue weighted by Crippen LogP contribution is 2.32. The molecule has 0 saturated heterocycles. The van der Waals surface area contributed by atoms with E-state index in [9.17, 15) is 0 Å². The molecule has 0 aliphatic heterocycles. The predicted molar refractivity (Wildman–Crippen MR) is 107 cm³/mol. The maximum absolute atomic E-state index is 9.11. The Balaban J connectivity index is 0. The second kappa shape index (κ2) is 17.3. The maximum atomic E-state index is 9.11. The van der Waals surface area contributed by atoms with E-state index in [-0.39, 0.29) is 12.4 Å². The van der Waals surface area contributed by atoms with E-state index in [1.165, 1.54) is 0 Å². The number of rotatable bonds is 9. The molecular formula is C17H29Cl2N3OS. The van der Waals surface area contributed by atoms with Crippen molar-refractivity contribution in [3.8, 4) is 6.07 Å². The van der Waals surface area contributed by atoms with Gasteiger partial charge in [-0.15, -0.1) is 24.2 Å². The van der Waals surface area contributed by atoms with Gasteiger partial charge in [-0.3, -0.25) is 0 Å². The second-order valence-electron chi connectivity index (χ2n) is 4.95. The van der Waals surface area contributed by atoms with E-state index in [4.69, 9.17) is 22.6 Å². The monoisotopic (exact) mass is 393 g/mol. The van der Waals surface area contributed by atoms with Crippen LogP contribution in [0.3, 0.4) is 0 Å². The molecule has 0 fully saturated rings. The minimum atomic E-state index is 0. The number of hydrogen-bond acceptors (Lipinski definition) is 5. The van der Waals surface area contributed by atoms with E-state index in [1.807, 2.05) is 13.1 Å². The van der Waals surface area contributed by atoms with Gasteiger partial charge in [-0.25, -0.2) is 0 Å². The SMILES string of the molecule is CCCC(CCNC)Sc1cc(Cl)ccc1C#N.COCCN.Cl. The van der Waals surface area contributed by atoms with Crippen molar-refractivity contribution in [2.24, 2.45) is 5.73 Å². The van der Waals surface area contributed by atoms with E-state index in [1.54, 1.807) is 31.0 Å². The Hall–Kier alpha value is -0.480. The maximum Gasteiger partial charge on any atom is 0.100 e. The summed E-state index contributed by atoms with van der Waals surface area (Å²) >= 11 is 7.78. The highest BCUT2D eigenvalue weighted by atomic mass is 35.5. The standard InChI is InChI=1S/C14H19ClN2S.C3H9NO.ClH/c1-3-4-13(7-8-17-2)18-14-9-12(15)6-5-11(14)10-16;1-5-3-2-4;/h5-6,9,13,17H,3-4,7-8H2,1-2H3;2-4H2,1H3;1H. The molecule has 0 heterocycles. The fourth-order valence-corrected chi connectivity index (χ4v) is 3.49. The quantitative estimate of drug-likeness (QED) is 0.617. The van der Waals surface area contributed by atoms with Gasteiger partial charge in [0.2, 0.25) is 0 Å². The molecule has 3 N–H and O–H groups in total. The van der Waals surface area contributed by atoms with Gasteiger partial charge in [-0.05, 0) is 44.6 Å². The van der Waals surface area contributed by atoms with Crippen LogP contribution < -0.4 is 11.1 Å². The second-order valence-corrected chi connectivity index (χ2v) is 6.73. The summed E-state index contributed by atoms with van der Waals surface area (Å²) in [6, 6.07) is 7.69. The van der Waals surface area contributed by atoms with Crippen molar-refractivity contribution in [2.45, 2.75) is 36.3 Å². The summed E-state index contributed by atoms with van der Waals surface area (Å²) < 4.78 is 4.57.